The lowest BCUT2D eigenvalue weighted by Crippen LogP contribution is -2.66. The Bertz CT molecular complexity index is 769. The summed E-state index contributed by atoms with van der Waals surface area (Å²) in [5.41, 5.74) is 6.91. The van der Waals surface area contributed by atoms with E-state index < -0.39 is 0 Å². The van der Waals surface area contributed by atoms with Gasteiger partial charge in [0.2, 0.25) is 11.9 Å². The second kappa shape index (κ2) is 7.31. The zero-order chi connectivity index (χ0) is 20.0. The molecular formula is C20H29N5O3. The first-order valence-electron chi connectivity index (χ1n) is 10.2. The number of carbonyl (C=O) groups is 2. The molecule has 4 atom stereocenters. The molecule has 8 heteroatoms. The van der Waals surface area contributed by atoms with E-state index in [-0.39, 0.29) is 54.2 Å². The number of nitrogens with two attached hydrogens (primary N) is 1. The number of aromatic nitrogens is 2. The van der Waals surface area contributed by atoms with Gasteiger partial charge in [-0.2, -0.15) is 0 Å². The monoisotopic (exact) mass is 387 g/mol. The van der Waals surface area contributed by atoms with Crippen LogP contribution < -0.4 is 5.73 Å². The van der Waals surface area contributed by atoms with E-state index in [1.807, 2.05) is 23.6 Å². The number of aliphatic hydroxyl groups excluding tert-OH is 1. The predicted molar refractivity (Wildman–Crippen MR) is 103 cm³/mol. The van der Waals surface area contributed by atoms with Gasteiger partial charge in [0, 0.05) is 31.2 Å². The van der Waals surface area contributed by atoms with Gasteiger partial charge in [-0.15, -0.1) is 0 Å². The minimum Gasteiger partial charge on any atom is -0.394 e. The van der Waals surface area contributed by atoms with Gasteiger partial charge in [0.25, 0.3) is 5.91 Å². The number of hydrogen-bond acceptors (Lipinski definition) is 6. The van der Waals surface area contributed by atoms with Crippen molar-refractivity contribution in [2.45, 2.75) is 57.5 Å². The van der Waals surface area contributed by atoms with Crippen LogP contribution >= 0.6 is 0 Å². The third kappa shape index (κ3) is 3.23. The minimum absolute atomic E-state index is 0.0559. The lowest BCUT2D eigenvalue weighted by molar-refractivity contribution is -0.154. The molecule has 2 amide bonds. The van der Waals surface area contributed by atoms with Crippen LogP contribution in [-0.2, 0) is 4.79 Å². The van der Waals surface area contributed by atoms with Crippen molar-refractivity contribution in [2.75, 3.05) is 25.4 Å². The molecular weight excluding hydrogens is 358 g/mol. The summed E-state index contributed by atoms with van der Waals surface area (Å²) in [4.78, 5) is 37.9. The van der Waals surface area contributed by atoms with Gasteiger partial charge in [-0.05, 0) is 43.1 Å². The maximum atomic E-state index is 13.2. The summed E-state index contributed by atoms with van der Waals surface area (Å²) in [6.07, 6.45) is 3.34. The van der Waals surface area contributed by atoms with Crippen molar-refractivity contribution in [1.82, 2.24) is 19.8 Å². The maximum absolute atomic E-state index is 13.2. The summed E-state index contributed by atoms with van der Waals surface area (Å²) in [5, 5.41) is 10.0. The van der Waals surface area contributed by atoms with Gasteiger partial charge in [0.1, 0.15) is 5.69 Å². The SMILES string of the molecule is CC(C)c1cc(C(=O)N2C[C@H]3C[C@@H](C2)[C@H](CO)N2C(=O)CCC[C@@H]32)nc(N)n1. The third-order valence-corrected chi connectivity index (χ3v) is 6.54. The molecule has 0 aliphatic carbocycles. The summed E-state index contributed by atoms with van der Waals surface area (Å²) in [6, 6.07) is 1.64. The van der Waals surface area contributed by atoms with Gasteiger partial charge in [-0.3, -0.25) is 9.59 Å². The Kier molecular flexibility index (Phi) is 4.99. The van der Waals surface area contributed by atoms with Crippen molar-refractivity contribution in [1.29, 1.82) is 0 Å². The minimum atomic E-state index is -0.202. The molecule has 0 saturated carbocycles. The van der Waals surface area contributed by atoms with Crippen molar-refractivity contribution in [3.8, 4) is 0 Å². The third-order valence-electron chi connectivity index (χ3n) is 6.54. The summed E-state index contributed by atoms with van der Waals surface area (Å²) in [7, 11) is 0. The highest BCUT2D eigenvalue weighted by atomic mass is 16.3. The molecule has 0 radical (unpaired) electrons. The highest BCUT2D eigenvalue weighted by Gasteiger charge is 2.49. The van der Waals surface area contributed by atoms with E-state index in [9.17, 15) is 14.7 Å². The van der Waals surface area contributed by atoms with E-state index in [1.54, 1.807) is 6.07 Å². The molecule has 1 aromatic heterocycles. The Hall–Kier alpha value is -2.22. The highest BCUT2D eigenvalue weighted by Crippen LogP contribution is 2.41. The molecule has 0 aromatic carbocycles. The first-order valence-corrected chi connectivity index (χ1v) is 10.2. The number of nitrogen functional groups attached to an aromatic ring is 1. The molecule has 3 aliphatic heterocycles. The fraction of sp³-hybridized carbons (Fsp3) is 0.700. The van der Waals surface area contributed by atoms with Crippen LogP contribution in [0.1, 0.15) is 61.6 Å². The molecule has 0 spiro atoms. The van der Waals surface area contributed by atoms with Gasteiger partial charge in [-0.1, -0.05) is 13.8 Å². The van der Waals surface area contributed by atoms with Gasteiger partial charge >= 0.3 is 0 Å². The molecule has 28 heavy (non-hydrogen) atoms. The van der Waals surface area contributed by atoms with E-state index in [1.165, 1.54) is 0 Å². The van der Waals surface area contributed by atoms with Gasteiger partial charge in [-0.25, -0.2) is 9.97 Å². The summed E-state index contributed by atoms with van der Waals surface area (Å²) in [5.74, 6) is 0.614. The fourth-order valence-electron chi connectivity index (χ4n) is 5.23. The first-order chi connectivity index (χ1) is 13.4. The molecule has 8 nitrogen and oxygen atoms in total. The molecule has 152 valence electrons. The molecule has 3 aliphatic rings. The number of rotatable bonds is 3. The predicted octanol–water partition coefficient (Wildman–Crippen LogP) is 1.02. The zero-order valence-corrected chi connectivity index (χ0v) is 16.5. The van der Waals surface area contributed by atoms with Crippen molar-refractivity contribution in [3.05, 3.63) is 17.5 Å². The molecule has 4 rings (SSSR count). The molecule has 3 fully saturated rings. The topological polar surface area (TPSA) is 113 Å². The van der Waals surface area contributed by atoms with Crippen LogP contribution in [0.4, 0.5) is 5.95 Å². The second-order valence-electron chi connectivity index (χ2n) is 8.67. The van der Waals surface area contributed by atoms with Crippen LogP contribution in [0.25, 0.3) is 0 Å². The van der Waals surface area contributed by atoms with Gasteiger partial charge in [0.05, 0.1) is 12.6 Å². The average Bonchev–Trinajstić information content (AvgIpc) is 2.67. The van der Waals surface area contributed by atoms with E-state index in [0.717, 1.165) is 25.0 Å². The number of amides is 2. The molecule has 3 saturated heterocycles. The molecule has 1 aromatic rings. The summed E-state index contributed by atoms with van der Waals surface area (Å²) < 4.78 is 0. The number of carbonyl (C=O) groups excluding carboxylic acids is 2. The van der Waals surface area contributed by atoms with Crippen LogP contribution in [0.15, 0.2) is 6.07 Å². The lowest BCUT2D eigenvalue weighted by Gasteiger charge is -2.56. The number of fused-ring (bicyclic) bond motifs is 4. The van der Waals surface area contributed by atoms with Crippen LogP contribution in [0.3, 0.4) is 0 Å². The number of hydrogen-bond donors (Lipinski definition) is 2. The molecule has 3 N–H and O–H groups in total. The molecule has 0 unspecified atom stereocenters. The molecule has 2 bridgehead atoms. The standard InChI is InChI=1S/C20H29N5O3/c1-11(2)14-7-15(23-20(21)22-14)19(28)24-8-12-6-13(9-24)17(10-26)25-16(12)4-3-5-18(25)27/h7,11-13,16-17,26H,3-6,8-10H2,1-2H3,(H2,21,22,23)/t12-,13+,16+,17+/m1/s1. The lowest BCUT2D eigenvalue weighted by atomic mass is 9.72. The summed E-state index contributed by atoms with van der Waals surface area (Å²) in [6.45, 7) is 5.09. The average molecular weight is 387 g/mol. The van der Waals surface area contributed by atoms with Crippen molar-refractivity contribution in [2.24, 2.45) is 11.8 Å². The Morgan fingerprint density at radius 2 is 2.07 bits per heavy atom. The summed E-state index contributed by atoms with van der Waals surface area (Å²) >= 11 is 0. The second-order valence-corrected chi connectivity index (χ2v) is 8.67. The van der Waals surface area contributed by atoms with E-state index >= 15 is 0 Å². The Morgan fingerprint density at radius 3 is 2.79 bits per heavy atom. The maximum Gasteiger partial charge on any atom is 0.272 e. The van der Waals surface area contributed by atoms with E-state index in [0.29, 0.717) is 25.2 Å². The smallest absolute Gasteiger partial charge is 0.272 e. The first kappa shape index (κ1) is 19.1. The number of nitrogens with zero attached hydrogens (tertiary/aromatic N) is 4. The number of piperidine rings is 3. The van der Waals surface area contributed by atoms with E-state index in [4.69, 9.17) is 5.73 Å². The van der Waals surface area contributed by atoms with Gasteiger partial charge < -0.3 is 20.6 Å². The number of aliphatic hydroxyl groups is 1. The Morgan fingerprint density at radius 1 is 1.32 bits per heavy atom. The Balaban J connectivity index is 1.60. The van der Waals surface area contributed by atoms with Crippen molar-refractivity contribution >= 4 is 17.8 Å². The normalized spacial score (nSPS) is 29.8. The van der Waals surface area contributed by atoms with E-state index in [2.05, 4.69) is 9.97 Å². The number of likely N-dealkylation sites (tertiary alicyclic amines) is 1. The largest absolute Gasteiger partial charge is 0.394 e. The molecule has 4 heterocycles. The highest BCUT2D eigenvalue weighted by molar-refractivity contribution is 5.92. The van der Waals surface area contributed by atoms with Crippen molar-refractivity contribution in [3.63, 3.8) is 0 Å². The van der Waals surface area contributed by atoms with Crippen LogP contribution in [0.2, 0.25) is 0 Å². The van der Waals surface area contributed by atoms with Crippen LogP contribution in [-0.4, -0.2) is 68.5 Å². The van der Waals surface area contributed by atoms with Crippen molar-refractivity contribution < 1.29 is 14.7 Å². The number of anilines is 1. The fourth-order valence-corrected chi connectivity index (χ4v) is 5.23. The quantitative estimate of drug-likeness (QED) is 0.801. The van der Waals surface area contributed by atoms with Crippen LogP contribution in [0.5, 0.6) is 0 Å². The van der Waals surface area contributed by atoms with Gasteiger partial charge in [0.15, 0.2) is 0 Å². The Labute approximate surface area is 165 Å². The van der Waals surface area contributed by atoms with Crippen LogP contribution in [0, 0.1) is 11.8 Å². The zero-order valence-electron chi connectivity index (χ0n) is 16.5.